The first-order valence-corrected chi connectivity index (χ1v) is 8.97. The van der Waals surface area contributed by atoms with Crippen molar-refractivity contribution in [2.75, 3.05) is 25.5 Å². The zero-order valence-corrected chi connectivity index (χ0v) is 13.9. The SMILES string of the molecule is C=CCN1CC(O)[N+]([O-])(c2nnc(SCCCCC)s2)C1. The maximum absolute atomic E-state index is 12.8. The minimum Gasteiger partial charge on any atom is -0.623 e. The number of aliphatic hydroxyl groups is 1. The lowest BCUT2D eigenvalue weighted by atomic mass is 10.3. The maximum atomic E-state index is 12.8. The van der Waals surface area contributed by atoms with Gasteiger partial charge in [0.15, 0.2) is 4.34 Å². The molecule has 1 saturated heterocycles. The zero-order chi connectivity index (χ0) is 15.3. The number of quaternary nitrogens is 1. The molecule has 8 heteroatoms. The number of aliphatic hydroxyl groups excluding tert-OH is 1. The molecule has 2 heterocycles. The molecular formula is C13H22N4O2S2. The summed E-state index contributed by atoms with van der Waals surface area (Å²) in [6.07, 6.45) is 4.26. The Kier molecular flexibility index (Phi) is 6.15. The van der Waals surface area contributed by atoms with Crippen molar-refractivity contribution in [3.63, 3.8) is 0 Å². The molecule has 0 bridgehead atoms. The summed E-state index contributed by atoms with van der Waals surface area (Å²) in [7, 11) is 0. The van der Waals surface area contributed by atoms with Gasteiger partial charge in [0.25, 0.3) is 0 Å². The molecule has 118 valence electrons. The molecule has 0 aromatic carbocycles. The molecule has 1 aliphatic heterocycles. The second-order valence-electron chi connectivity index (χ2n) is 5.15. The van der Waals surface area contributed by atoms with E-state index < -0.39 is 10.9 Å². The van der Waals surface area contributed by atoms with Gasteiger partial charge in [0, 0.05) is 12.3 Å². The fraction of sp³-hybridized carbons (Fsp3) is 0.692. The molecule has 0 amide bonds. The number of hydrogen-bond donors (Lipinski definition) is 1. The quantitative estimate of drug-likeness (QED) is 0.259. The first-order chi connectivity index (χ1) is 10.1. The summed E-state index contributed by atoms with van der Waals surface area (Å²) in [6.45, 7) is 6.96. The number of hydrogen-bond acceptors (Lipinski definition) is 7. The van der Waals surface area contributed by atoms with Crippen LogP contribution in [0.25, 0.3) is 0 Å². The van der Waals surface area contributed by atoms with Gasteiger partial charge in [-0.3, -0.25) is 4.65 Å². The Morgan fingerprint density at radius 3 is 3.10 bits per heavy atom. The van der Waals surface area contributed by atoms with E-state index in [9.17, 15) is 10.3 Å². The molecule has 6 nitrogen and oxygen atoms in total. The van der Waals surface area contributed by atoms with E-state index in [1.807, 2.05) is 4.90 Å². The van der Waals surface area contributed by atoms with Crippen molar-refractivity contribution >= 4 is 28.2 Å². The van der Waals surface area contributed by atoms with Gasteiger partial charge in [-0.25, -0.2) is 4.90 Å². The highest BCUT2D eigenvalue weighted by Gasteiger charge is 2.42. The van der Waals surface area contributed by atoms with Crippen LogP contribution >= 0.6 is 23.1 Å². The van der Waals surface area contributed by atoms with E-state index in [0.717, 1.165) is 16.5 Å². The highest BCUT2D eigenvalue weighted by atomic mass is 32.2. The summed E-state index contributed by atoms with van der Waals surface area (Å²) < 4.78 is -0.00933. The van der Waals surface area contributed by atoms with Crippen molar-refractivity contribution in [2.24, 2.45) is 0 Å². The average Bonchev–Trinajstić information content (AvgIpc) is 3.02. The number of β-amino-alcohol motifs (C(OH)–C–C–N with tert-alkyl or cyclic N) is 1. The molecular weight excluding hydrogens is 308 g/mol. The Bertz CT molecular complexity index is 471. The van der Waals surface area contributed by atoms with Crippen molar-refractivity contribution in [1.29, 1.82) is 0 Å². The van der Waals surface area contributed by atoms with Gasteiger partial charge in [-0.2, -0.15) is 0 Å². The molecule has 2 unspecified atom stereocenters. The first kappa shape index (κ1) is 16.9. The molecule has 2 rings (SSSR count). The van der Waals surface area contributed by atoms with E-state index >= 15 is 0 Å². The monoisotopic (exact) mass is 330 g/mol. The van der Waals surface area contributed by atoms with E-state index in [1.165, 1.54) is 24.2 Å². The standard InChI is InChI=1S/C13H22N4O2S2/c1-3-5-6-8-20-13-15-14-12(21-13)17(19)10-16(7-4-2)9-11(17)18/h4,11,18H,2-3,5-10H2,1H3. The highest BCUT2D eigenvalue weighted by Crippen LogP contribution is 2.36. The Labute approximate surface area is 133 Å². The fourth-order valence-corrected chi connectivity index (χ4v) is 4.22. The van der Waals surface area contributed by atoms with Crippen molar-refractivity contribution in [1.82, 2.24) is 19.7 Å². The van der Waals surface area contributed by atoms with Crippen molar-refractivity contribution in [3.05, 3.63) is 17.9 Å². The van der Waals surface area contributed by atoms with E-state index in [2.05, 4.69) is 23.7 Å². The smallest absolute Gasteiger partial charge is 0.310 e. The van der Waals surface area contributed by atoms with Gasteiger partial charge < -0.3 is 10.3 Å². The molecule has 0 saturated carbocycles. The minimum atomic E-state index is -1.00. The van der Waals surface area contributed by atoms with Gasteiger partial charge in [-0.1, -0.05) is 42.7 Å². The van der Waals surface area contributed by atoms with Crippen LogP contribution < -0.4 is 4.65 Å². The molecule has 0 spiro atoms. The van der Waals surface area contributed by atoms with E-state index in [0.29, 0.717) is 18.2 Å². The van der Waals surface area contributed by atoms with Gasteiger partial charge in [-0.15, -0.1) is 11.7 Å². The minimum absolute atomic E-state index is 0.197. The van der Waals surface area contributed by atoms with Crippen LogP contribution in [-0.4, -0.2) is 51.9 Å². The number of hydroxylamine groups is 2. The number of unbranched alkanes of at least 4 members (excludes halogenated alkanes) is 2. The third kappa shape index (κ3) is 4.02. The molecule has 1 aliphatic rings. The van der Waals surface area contributed by atoms with Gasteiger partial charge in [0.2, 0.25) is 6.23 Å². The van der Waals surface area contributed by atoms with Gasteiger partial charge >= 0.3 is 5.13 Å². The van der Waals surface area contributed by atoms with Crippen LogP contribution in [0, 0.1) is 5.21 Å². The predicted molar refractivity (Wildman–Crippen MR) is 88.0 cm³/mol. The summed E-state index contributed by atoms with van der Waals surface area (Å²) in [4.78, 5) is 1.88. The Balaban J connectivity index is 1.97. The highest BCUT2D eigenvalue weighted by molar-refractivity contribution is 8.01. The number of nitrogens with zero attached hydrogens (tertiary/aromatic N) is 4. The van der Waals surface area contributed by atoms with Gasteiger partial charge in [0.1, 0.15) is 6.67 Å². The van der Waals surface area contributed by atoms with Crippen LogP contribution in [0.2, 0.25) is 0 Å². The second-order valence-corrected chi connectivity index (χ2v) is 7.45. The average molecular weight is 330 g/mol. The summed E-state index contributed by atoms with van der Waals surface area (Å²) >= 11 is 2.93. The third-order valence-corrected chi connectivity index (χ3v) is 5.65. The molecule has 2 atom stereocenters. The van der Waals surface area contributed by atoms with Crippen LogP contribution in [0.4, 0.5) is 5.13 Å². The first-order valence-electron chi connectivity index (χ1n) is 7.17. The number of thioether (sulfide) groups is 1. The molecule has 21 heavy (non-hydrogen) atoms. The van der Waals surface area contributed by atoms with E-state index in [4.69, 9.17) is 0 Å². The lowest BCUT2D eigenvalue weighted by Crippen LogP contribution is -2.48. The molecule has 0 aliphatic carbocycles. The van der Waals surface area contributed by atoms with Crippen LogP contribution in [0.5, 0.6) is 0 Å². The third-order valence-electron chi connectivity index (χ3n) is 3.39. The zero-order valence-electron chi connectivity index (χ0n) is 12.3. The predicted octanol–water partition coefficient (Wildman–Crippen LogP) is 2.40. The number of rotatable bonds is 8. The van der Waals surface area contributed by atoms with Crippen LogP contribution in [0.3, 0.4) is 0 Å². The maximum Gasteiger partial charge on any atom is 0.310 e. The molecule has 0 radical (unpaired) electrons. The van der Waals surface area contributed by atoms with Crippen LogP contribution in [-0.2, 0) is 0 Å². The Morgan fingerprint density at radius 2 is 2.38 bits per heavy atom. The van der Waals surface area contributed by atoms with Gasteiger partial charge in [0.05, 0.1) is 6.54 Å². The van der Waals surface area contributed by atoms with Crippen LogP contribution in [0.1, 0.15) is 26.2 Å². The molecule has 1 aromatic rings. The van der Waals surface area contributed by atoms with E-state index in [1.54, 1.807) is 17.8 Å². The Morgan fingerprint density at radius 1 is 1.57 bits per heavy atom. The topological polar surface area (TPSA) is 72.3 Å². The number of aromatic nitrogens is 2. The van der Waals surface area contributed by atoms with Crippen LogP contribution in [0.15, 0.2) is 17.0 Å². The Hall–Kier alpha value is -0.510. The van der Waals surface area contributed by atoms with Crippen molar-refractivity contribution in [3.8, 4) is 0 Å². The van der Waals surface area contributed by atoms with E-state index in [-0.39, 0.29) is 6.67 Å². The normalized spacial score (nSPS) is 26.3. The van der Waals surface area contributed by atoms with Crippen molar-refractivity contribution in [2.45, 2.75) is 36.8 Å². The summed E-state index contributed by atoms with van der Waals surface area (Å²) in [5, 5.41) is 31.3. The molecule has 1 fully saturated rings. The lowest BCUT2D eigenvalue weighted by Gasteiger charge is -2.36. The summed E-state index contributed by atoms with van der Waals surface area (Å²) in [5.41, 5.74) is 0. The largest absolute Gasteiger partial charge is 0.623 e. The lowest BCUT2D eigenvalue weighted by molar-refractivity contribution is 0.0844. The summed E-state index contributed by atoms with van der Waals surface area (Å²) in [6, 6.07) is 0. The fourth-order valence-electron chi connectivity index (χ4n) is 2.24. The molecule has 1 aromatic heterocycles. The summed E-state index contributed by atoms with van der Waals surface area (Å²) in [5.74, 6) is 0.993. The molecule has 1 N–H and O–H groups in total. The second kappa shape index (κ2) is 7.66. The van der Waals surface area contributed by atoms with Crippen molar-refractivity contribution < 1.29 is 5.11 Å². The van der Waals surface area contributed by atoms with Gasteiger partial charge in [-0.05, 0) is 17.8 Å².